The molecule has 1 N–H and O–H groups in total. The number of likely N-dealkylation sites (N-methyl/N-ethyl adjacent to an activating group) is 1. The fourth-order valence-electron chi connectivity index (χ4n) is 1.06. The maximum absolute atomic E-state index is 9.60. The van der Waals surface area contributed by atoms with Gasteiger partial charge in [0.25, 0.3) is 0 Å². The number of hydrogen-bond donors (Lipinski definition) is 1. The van der Waals surface area contributed by atoms with E-state index in [-0.39, 0.29) is 6.10 Å². The normalized spacial score (nSPS) is 13.9. The monoisotopic (exact) mass is 203 g/mol. The minimum atomic E-state index is -0.362. The summed E-state index contributed by atoms with van der Waals surface area (Å²) in [6.07, 6.45) is 1.86. The van der Waals surface area contributed by atoms with Crippen LogP contribution in [0.25, 0.3) is 0 Å². The van der Waals surface area contributed by atoms with E-state index in [9.17, 15) is 5.11 Å². The summed E-state index contributed by atoms with van der Waals surface area (Å²) in [5.74, 6) is 0. The van der Waals surface area contributed by atoms with Crippen LogP contribution >= 0.6 is 0 Å². The van der Waals surface area contributed by atoms with Gasteiger partial charge in [-0.3, -0.25) is 0 Å². The summed E-state index contributed by atoms with van der Waals surface area (Å²) in [4.78, 5) is 2.12. The Morgan fingerprint density at radius 2 is 2.00 bits per heavy atom. The summed E-state index contributed by atoms with van der Waals surface area (Å²) in [5.41, 5.74) is 0. The first-order chi connectivity index (χ1) is 6.57. The summed E-state index contributed by atoms with van der Waals surface area (Å²) in [6, 6.07) is 0.472. The van der Waals surface area contributed by atoms with E-state index >= 15 is 0 Å². The van der Waals surface area contributed by atoms with Crippen molar-refractivity contribution < 1.29 is 9.84 Å². The van der Waals surface area contributed by atoms with Crippen LogP contribution in [0.4, 0.5) is 0 Å². The Labute approximate surface area is 88.1 Å². The molecule has 0 aromatic carbocycles. The molecule has 0 saturated heterocycles. The van der Waals surface area contributed by atoms with Gasteiger partial charge in [-0.15, -0.1) is 0 Å². The molecule has 14 heavy (non-hydrogen) atoms. The highest BCUT2D eigenvalue weighted by molar-refractivity contribution is 4.63. The Balaban J connectivity index is 3.40. The first-order valence-electron chi connectivity index (χ1n) is 5.54. The van der Waals surface area contributed by atoms with Gasteiger partial charge < -0.3 is 14.7 Å². The quantitative estimate of drug-likeness (QED) is 0.607. The van der Waals surface area contributed by atoms with Crippen LogP contribution in [0.15, 0.2) is 0 Å². The zero-order valence-corrected chi connectivity index (χ0v) is 9.99. The lowest BCUT2D eigenvalue weighted by Gasteiger charge is -2.23. The van der Waals surface area contributed by atoms with Crippen molar-refractivity contribution in [2.24, 2.45) is 0 Å². The molecular formula is C11H25NO2. The number of aliphatic hydroxyl groups excluding tert-OH is 1. The first-order valence-corrected chi connectivity index (χ1v) is 5.54. The molecule has 3 nitrogen and oxygen atoms in total. The van der Waals surface area contributed by atoms with Crippen molar-refractivity contribution in [3.63, 3.8) is 0 Å². The van der Waals surface area contributed by atoms with Crippen molar-refractivity contribution in [2.45, 2.75) is 45.8 Å². The molecule has 0 amide bonds. The van der Waals surface area contributed by atoms with Crippen molar-refractivity contribution in [1.29, 1.82) is 0 Å². The van der Waals surface area contributed by atoms with Crippen LogP contribution in [-0.2, 0) is 4.74 Å². The molecule has 0 aliphatic heterocycles. The van der Waals surface area contributed by atoms with Gasteiger partial charge in [0.15, 0.2) is 0 Å². The number of unbranched alkanes of at least 4 members (excludes halogenated alkanes) is 1. The number of ether oxygens (including phenoxy) is 1. The Bertz CT molecular complexity index is 128. The van der Waals surface area contributed by atoms with E-state index in [2.05, 4.69) is 25.7 Å². The number of hydrogen-bond acceptors (Lipinski definition) is 3. The Kier molecular flexibility index (Phi) is 8.14. The lowest BCUT2D eigenvalue weighted by molar-refractivity contribution is 0.0156. The van der Waals surface area contributed by atoms with Gasteiger partial charge in [0.1, 0.15) is 0 Å². The predicted molar refractivity (Wildman–Crippen MR) is 59.5 cm³/mol. The molecule has 0 bridgehead atoms. The fraction of sp³-hybridized carbons (Fsp3) is 1.00. The van der Waals surface area contributed by atoms with Gasteiger partial charge in [0, 0.05) is 19.2 Å². The molecule has 1 atom stereocenters. The maximum Gasteiger partial charge on any atom is 0.0900 e. The average molecular weight is 203 g/mol. The van der Waals surface area contributed by atoms with E-state index in [1.807, 2.05) is 7.05 Å². The minimum absolute atomic E-state index is 0.362. The van der Waals surface area contributed by atoms with Gasteiger partial charge in [0.2, 0.25) is 0 Å². The molecule has 3 heteroatoms. The maximum atomic E-state index is 9.60. The second-order valence-electron chi connectivity index (χ2n) is 4.12. The van der Waals surface area contributed by atoms with Gasteiger partial charge in [-0.2, -0.15) is 0 Å². The molecule has 0 spiro atoms. The molecule has 0 fully saturated rings. The van der Waals surface area contributed by atoms with Crippen molar-refractivity contribution in [3.05, 3.63) is 0 Å². The van der Waals surface area contributed by atoms with Crippen LogP contribution in [0.3, 0.4) is 0 Å². The topological polar surface area (TPSA) is 32.7 Å². The second kappa shape index (κ2) is 8.21. The van der Waals surface area contributed by atoms with Gasteiger partial charge in [-0.05, 0) is 27.3 Å². The van der Waals surface area contributed by atoms with Crippen LogP contribution < -0.4 is 0 Å². The van der Waals surface area contributed by atoms with E-state index in [1.54, 1.807) is 0 Å². The molecule has 1 unspecified atom stereocenters. The number of rotatable bonds is 8. The molecule has 0 radical (unpaired) electrons. The molecule has 0 aromatic rings. The molecular weight excluding hydrogens is 178 g/mol. The number of aliphatic hydroxyl groups is 1. The Morgan fingerprint density at radius 1 is 1.36 bits per heavy atom. The van der Waals surface area contributed by atoms with Gasteiger partial charge >= 0.3 is 0 Å². The second-order valence-corrected chi connectivity index (χ2v) is 4.12. The molecule has 0 saturated carbocycles. The Hall–Kier alpha value is -0.120. The molecule has 0 aromatic heterocycles. The predicted octanol–water partition coefficient (Wildman–Crippen LogP) is 1.50. The third kappa shape index (κ3) is 7.30. The standard InChI is InChI=1S/C11H25NO2/c1-5-6-7-14-9-11(13)8-12(4)10(2)3/h10-11,13H,5-9H2,1-4H3. The van der Waals surface area contributed by atoms with Crippen LogP contribution in [0, 0.1) is 0 Å². The van der Waals surface area contributed by atoms with Gasteiger partial charge in [-0.25, -0.2) is 0 Å². The van der Waals surface area contributed by atoms with E-state index < -0.39 is 0 Å². The summed E-state index contributed by atoms with van der Waals surface area (Å²) in [7, 11) is 2.01. The fourth-order valence-corrected chi connectivity index (χ4v) is 1.06. The van der Waals surface area contributed by atoms with Crippen molar-refractivity contribution >= 4 is 0 Å². The lowest BCUT2D eigenvalue weighted by Crippen LogP contribution is -2.36. The molecule has 0 aliphatic rings. The highest BCUT2D eigenvalue weighted by Crippen LogP contribution is 1.97. The van der Waals surface area contributed by atoms with Crippen LogP contribution in [-0.4, -0.2) is 49.0 Å². The summed E-state index contributed by atoms with van der Waals surface area (Å²) < 4.78 is 5.34. The first kappa shape index (κ1) is 13.9. The third-order valence-electron chi connectivity index (χ3n) is 2.33. The molecule has 0 aliphatic carbocycles. The van der Waals surface area contributed by atoms with E-state index in [0.29, 0.717) is 19.2 Å². The third-order valence-corrected chi connectivity index (χ3v) is 2.33. The summed E-state index contributed by atoms with van der Waals surface area (Å²) >= 11 is 0. The van der Waals surface area contributed by atoms with E-state index in [4.69, 9.17) is 4.74 Å². The zero-order chi connectivity index (χ0) is 11.0. The summed E-state index contributed by atoms with van der Waals surface area (Å²) in [6.45, 7) is 8.27. The van der Waals surface area contributed by atoms with Crippen LogP contribution in [0.1, 0.15) is 33.6 Å². The van der Waals surface area contributed by atoms with E-state index in [1.165, 1.54) is 0 Å². The minimum Gasteiger partial charge on any atom is -0.389 e. The van der Waals surface area contributed by atoms with Crippen LogP contribution in [0.5, 0.6) is 0 Å². The summed E-state index contributed by atoms with van der Waals surface area (Å²) in [5, 5.41) is 9.60. The van der Waals surface area contributed by atoms with Gasteiger partial charge in [0.05, 0.1) is 12.7 Å². The Morgan fingerprint density at radius 3 is 2.50 bits per heavy atom. The van der Waals surface area contributed by atoms with Gasteiger partial charge in [-0.1, -0.05) is 13.3 Å². The van der Waals surface area contributed by atoms with Crippen molar-refractivity contribution in [1.82, 2.24) is 4.90 Å². The molecule has 0 heterocycles. The average Bonchev–Trinajstić information content (AvgIpc) is 2.12. The van der Waals surface area contributed by atoms with Crippen molar-refractivity contribution in [3.8, 4) is 0 Å². The SMILES string of the molecule is CCCCOCC(O)CN(C)C(C)C. The lowest BCUT2D eigenvalue weighted by atomic mass is 10.3. The van der Waals surface area contributed by atoms with E-state index in [0.717, 1.165) is 19.4 Å². The van der Waals surface area contributed by atoms with Crippen LogP contribution in [0.2, 0.25) is 0 Å². The highest BCUT2D eigenvalue weighted by atomic mass is 16.5. The molecule has 86 valence electrons. The zero-order valence-electron chi connectivity index (χ0n) is 9.99. The smallest absolute Gasteiger partial charge is 0.0900 e. The number of nitrogens with zero attached hydrogens (tertiary/aromatic N) is 1. The van der Waals surface area contributed by atoms with Crippen molar-refractivity contribution in [2.75, 3.05) is 26.8 Å². The highest BCUT2D eigenvalue weighted by Gasteiger charge is 2.10. The molecule has 0 rings (SSSR count). The largest absolute Gasteiger partial charge is 0.389 e.